The zero-order chi connectivity index (χ0) is 19.3. The topological polar surface area (TPSA) is 101 Å². The second-order valence-electron chi connectivity index (χ2n) is 6.28. The summed E-state index contributed by atoms with van der Waals surface area (Å²) in [7, 11) is 0. The lowest BCUT2D eigenvalue weighted by molar-refractivity contribution is -0.385. The van der Waals surface area contributed by atoms with Crippen LogP contribution in [0.5, 0.6) is 0 Å². The summed E-state index contributed by atoms with van der Waals surface area (Å²) in [6.45, 7) is 5.53. The van der Waals surface area contributed by atoms with Crippen LogP contribution in [-0.4, -0.2) is 16.7 Å². The van der Waals surface area contributed by atoms with Crippen molar-refractivity contribution in [1.29, 1.82) is 0 Å². The molecule has 0 aromatic heterocycles. The molecule has 2 rings (SSSR count). The van der Waals surface area contributed by atoms with E-state index in [1.54, 1.807) is 43.3 Å². The number of carbonyl (C=O) groups is 2. The number of nitrogens with one attached hydrogen (secondary N) is 2. The first kappa shape index (κ1) is 19.1. The summed E-state index contributed by atoms with van der Waals surface area (Å²) in [5.41, 5.74) is 2.20. The van der Waals surface area contributed by atoms with E-state index in [0.29, 0.717) is 11.3 Å². The minimum atomic E-state index is -0.504. The summed E-state index contributed by atoms with van der Waals surface area (Å²) in [4.78, 5) is 34.3. The van der Waals surface area contributed by atoms with Crippen molar-refractivity contribution in [2.24, 2.45) is 5.92 Å². The molecule has 2 N–H and O–H groups in total. The summed E-state index contributed by atoms with van der Waals surface area (Å²) in [5, 5.41) is 16.5. The molecular weight excluding hydrogens is 334 g/mol. The van der Waals surface area contributed by atoms with Crippen LogP contribution in [0.1, 0.15) is 35.3 Å². The molecule has 2 amide bonds. The fourth-order valence-electron chi connectivity index (χ4n) is 2.22. The van der Waals surface area contributed by atoms with Crippen LogP contribution in [0.15, 0.2) is 42.5 Å². The highest BCUT2D eigenvalue weighted by atomic mass is 16.6. The number of benzene rings is 2. The van der Waals surface area contributed by atoms with Crippen LogP contribution in [0.4, 0.5) is 11.4 Å². The van der Waals surface area contributed by atoms with Crippen molar-refractivity contribution in [1.82, 2.24) is 5.32 Å². The number of anilines is 1. The zero-order valence-electron chi connectivity index (χ0n) is 14.9. The number of rotatable bonds is 6. The van der Waals surface area contributed by atoms with Gasteiger partial charge in [0.05, 0.1) is 4.92 Å². The smallest absolute Gasteiger partial charge is 0.273 e. The van der Waals surface area contributed by atoms with Gasteiger partial charge in [0.25, 0.3) is 11.6 Å². The van der Waals surface area contributed by atoms with E-state index in [1.807, 2.05) is 13.8 Å². The van der Waals surface area contributed by atoms with Crippen LogP contribution in [0.3, 0.4) is 0 Å². The standard InChI is InChI=1S/C19H21N3O4/c1-12(2)18(23)21-16-8-5-14(6-9-16)11-20-19(24)15-7-4-13(3)17(10-15)22(25)26/h4-10,12H,11H2,1-3H3,(H,20,24)(H,21,23). The van der Waals surface area contributed by atoms with Gasteiger partial charge in [-0.05, 0) is 30.7 Å². The van der Waals surface area contributed by atoms with Crippen LogP contribution in [-0.2, 0) is 11.3 Å². The second kappa shape index (κ2) is 8.24. The van der Waals surface area contributed by atoms with E-state index in [9.17, 15) is 19.7 Å². The first-order chi connectivity index (χ1) is 12.3. The summed E-state index contributed by atoms with van der Waals surface area (Å²) >= 11 is 0. The molecule has 0 saturated heterocycles. The minimum absolute atomic E-state index is 0.0629. The lowest BCUT2D eigenvalue weighted by Gasteiger charge is -2.09. The molecule has 7 nitrogen and oxygen atoms in total. The van der Waals surface area contributed by atoms with Crippen molar-refractivity contribution in [3.63, 3.8) is 0 Å². The lowest BCUT2D eigenvalue weighted by Crippen LogP contribution is -2.23. The summed E-state index contributed by atoms with van der Waals surface area (Å²) in [6.07, 6.45) is 0. The molecule has 2 aromatic rings. The molecule has 0 aliphatic carbocycles. The number of nitrogens with zero attached hydrogens (tertiary/aromatic N) is 1. The minimum Gasteiger partial charge on any atom is -0.348 e. The van der Waals surface area contributed by atoms with Gasteiger partial charge in [-0.2, -0.15) is 0 Å². The van der Waals surface area contributed by atoms with E-state index in [0.717, 1.165) is 5.56 Å². The Hall–Kier alpha value is -3.22. The Morgan fingerprint density at radius 2 is 1.77 bits per heavy atom. The van der Waals surface area contributed by atoms with Gasteiger partial charge in [-0.1, -0.05) is 32.0 Å². The number of nitro groups is 1. The van der Waals surface area contributed by atoms with E-state index in [4.69, 9.17) is 0 Å². The third-order valence-electron chi connectivity index (χ3n) is 3.87. The van der Waals surface area contributed by atoms with Gasteiger partial charge in [0.1, 0.15) is 0 Å². The molecule has 7 heteroatoms. The number of hydrogen-bond acceptors (Lipinski definition) is 4. The number of hydrogen-bond donors (Lipinski definition) is 2. The molecule has 0 atom stereocenters. The molecule has 0 saturated carbocycles. The SMILES string of the molecule is Cc1ccc(C(=O)NCc2ccc(NC(=O)C(C)C)cc2)cc1[N+](=O)[O-]. The molecule has 0 bridgehead atoms. The fraction of sp³-hybridized carbons (Fsp3) is 0.263. The predicted octanol–water partition coefficient (Wildman–Crippen LogP) is 3.43. The number of amides is 2. The molecule has 0 radical (unpaired) electrons. The molecule has 0 aliphatic rings. The van der Waals surface area contributed by atoms with Crippen molar-refractivity contribution < 1.29 is 14.5 Å². The third kappa shape index (κ3) is 4.89. The van der Waals surface area contributed by atoms with Gasteiger partial charge >= 0.3 is 0 Å². The van der Waals surface area contributed by atoms with E-state index >= 15 is 0 Å². The Morgan fingerprint density at radius 1 is 1.12 bits per heavy atom. The maximum atomic E-state index is 12.2. The van der Waals surface area contributed by atoms with Crippen LogP contribution in [0, 0.1) is 23.0 Å². The fourth-order valence-corrected chi connectivity index (χ4v) is 2.22. The average molecular weight is 355 g/mol. The maximum absolute atomic E-state index is 12.2. The molecule has 0 spiro atoms. The third-order valence-corrected chi connectivity index (χ3v) is 3.87. The highest BCUT2D eigenvalue weighted by Gasteiger charge is 2.14. The molecular formula is C19H21N3O4. The normalized spacial score (nSPS) is 10.5. The molecule has 0 fully saturated rings. The Bertz CT molecular complexity index is 829. The Balaban J connectivity index is 1.98. The van der Waals surface area contributed by atoms with E-state index < -0.39 is 4.92 Å². The van der Waals surface area contributed by atoms with Gasteiger partial charge in [-0.15, -0.1) is 0 Å². The molecule has 2 aromatic carbocycles. The first-order valence-corrected chi connectivity index (χ1v) is 8.21. The second-order valence-corrected chi connectivity index (χ2v) is 6.28. The predicted molar refractivity (Wildman–Crippen MR) is 98.9 cm³/mol. The van der Waals surface area contributed by atoms with Crippen LogP contribution >= 0.6 is 0 Å². The van der Waals surface area contributed by atoms with Crippen LogP contribution < -0.4 is 10.6 Å². The molecule has 0 heterocycles. The first-order valence-electron chi connectivity index (χ1n) is 8.21. The Kier molecular flexibility index (Phi) is 6.06. The van der Waals surface area contributed by atoms with Crippen LogP contribution in [0.2, 0.25) is 0 Å². The highest BCUT2D eigenvalue weighted by Crippen LogP contribution is 2.19. The van der Waals surface area contributed by atoms with Crippen molar-refractivity contribution >= 4 is 23.2 Å². The van der Waals surface area contributed by atoms with E-state index in [-0.39, 0.29) is 35.5 Å². The van der Waals surface area contributed by atoms with E-state index in [1.165, 1.54) is 6.07 Å². The molecule has 0 aliphatic heterocycles. The van der Waals surface area contributed by atoms with Gasteiger partial charge in [-0.25, -0.2) is 0 Å². The number of aryl methyl sites for hydroxylation is 1. The molecule has 136 valence electrons. The summed E-state index contributed by atoms with van der Waals surface area (Å²) in [6, 6.07) is 11.5. The van der Waals surface area contributed by atoms with Gasteiger partial charge in [0, 0.05) is 35.3 Å². The monoisotopic (exact) mass is 355 g/mol. The maximum Gasteiger partial charge on any atom is 0.273 e. The van der Waals surface area contributed by atoms with Gasteiger partial charge in [0.2, 0.25) is 5.91 Å². The van der Waals surface area contributed by atoms with Crippen LogP contribution in [0.25, 0.3) is 0 Å². The number of carbonyl (C=O) groups excluding carboxylic acids is 2. The van der Waals surface area contributed by atoms with Gasteiger partial charge in [-0.3, -0.25) is 19.7 Å². The molecule has 26 heavy (non-hydrogen) atoms. The Labute approximate surface area is 151 Å². The number of nitro benzene ring substituents is 1. The molecule has 0 unspecified atom stereocenters. The summed E-state index contributed by atoms with van der Waals surface area (Å²) in [5.74, 6) is -0.551. The van der Waals surface area contributed by atoms with Gasteiger partial charge in [0.15, 0.2) is 0 Å². The lowest BCUT2D eigenvalue weighted by atomic mass is 10.1. The van der Waals surface area contributed by atoms with Crippen molar-refractivity contribution in [3.8, 4) is 0 Å². The van der Waals surface area contributed by atoms with E-state index in [2.05, 4.69) is 10.6 Å². The highest BCUT2D eigenvalue weighted by molar-refractivity contribution is 5.95. The largest absolute Gasteiger partial charge is 0.348 e. The van der Waals surface area contributed by atoms with Crippen molar-refractivity contribution in [2.75, 3.05) is 5.32 Å². The van der Waals surface area contributed by atoms with Crippen molar-refractivity contribution in [3.05, 3.63) is 69.3 Å². The summed E-state index contributed by atoms with van der Waals surface area (Å²) < 4.78 is 0. The van der Waals surface area contributed by atoms with Crippen molar-refractivity contribution in [2.45, 2.75) is 27.3 Å². The zero-order valence-corrected chi connectivity index (χ0v) is 14.9. The Morgan fingerprint density at radius 3 is 2.35 bits per heavy atom. The van der Waals surface area contributed by atoms with Gasteiger partial charge < -0.3 is 10.6 Å². The quantitative estimate of drug-likeness (QED) is 0.612. The average Bonchev–Trinajstić information content (AvgIpc) is 2.60.